The Labute approximate surface area is 240 Å². The highest BCUT2D eigenvalue weighted by Crippen LogP contribution is 2.31. The monoisotopic (exact) mass is 550 g/mol. The third-order valence-corrected chi connectivity index (χ3v) is 7.81. The minimum atomic E-state index is 0.272. The van der Waals surface area contributed by atoms with E-state index < -0.39 is 0 Å². The standard InChI is InChI=1S/C33H35ClN6/c1-22(2)21-39-17-14-25(15-18-39)36-30-20-33-31(19-29(30)37-27-8-6-16-35-23(27)3)38-28-7-4-5-9-32(28)40(33)26-12-10-24(34)11-13-26/h4-13,16,19-20,22,25,37H,14-15,17-18,21H2,1-3H3. The molecule has 0 radical (unpaired) electrons. The number of piperidine rings is 1. The third-order valence-electron chi connectivity index (χ3n) is 7.56. The number of para-hydroxylation sites is 2. The molecule has 6 nitrogen and oxygen atoms in total. The van der Waals surface area contributed by atoms with Crippen LogP contribution in [0.3, 0.4) is 0 Å². The summed E-state index contributed by atoms with van der Waals surface area (Å²) in [5.41, 5.74) is 7.75. The van der Waals surface area contributed by atoms with E-state index in [4.69, 9.17) is 21.6 Å². The molecule has 1 N–H and O–H groups in total. The Morgan fingerprint density at radius 1 is 0.975 bits per heavy atom. The predicted octanol–water partition coefficient (Wildman–Crippen LogP) is 7.25. The second-order valence-electron chi connectivity index (χ2n) is 11.1. The second kappa shape index (κ2) is 11.4. The summed E-state index contributed by atoms with van der Waals surface area (Å²) in [6.45, 7) is 9.92. The van der Waals surface area contributed by atoms with Crippen LogP contribution in [-0.2, 0) is 0 Å². The molecule has 0 atom stereocenters. The van der Waals surface area contributed by atoms with Crippen LogP contribution < -0.4 is 10.7 Å². The Kier molecular flexibility index (Phi) is 7.55. The lowest BCUT2D eigenvalue weighted by molar-refractivity contribution is 0.192. The molecule has 1 aliphatic carbocycles. The van der Waals surface area contributed by atoms with Crippen LogP contribution in [0, 0.1) is 12.8 Å². The number of hydrogen-bond donors (Lipinski definition) is 1. The van der Waals surface area contributed by atoms with Gasteiger partial charge >= 0.3 is 0 Å². The smallest absolute Gasteiger partial charge is 0.0900 e. The number of aryl methyl sites for hydroxylation is 1. The van der Waals surface area contributed by atoms with Crippen LogP contribution in [0.4, 0.5) is 11.4 Å². The maximum Gasteiger partial charge on any atom is 0.0900 e. The van der Waals surface area contributed by atoms with Crippen molar-refractivity contribution in [2.45, 2.75) is 39.7 Å². The SMILES string of the molecule is Cc1ncccc1Nc1cc2nc3ccccc3n(-c3ccc(Cl)cc3)c-2cc1=NC1CCN(CC(C)C)CC1. The van der Waals surface area contributed by atoms with Crippen molar-refractivity contribution in [1.82, 2.24) is 19.4 Å². The molecule has 1 saturated heterocycles. The first-order valence-corrected chi connectivity index (χ1v) is 14.5. The average Bonchev–Trinajstić information content (AvgIpc) is 2.95. The van der Waals surface area contributed by atoms with Crippen molar-refractivity contribution < 1.29 is 0 Å². The normalized spacial score (nSPS) is 15.4. The van der Waals surface area contributed by atoms with Gasteiger partial charge in [0.15, 0.2) is 0 Å². The van der Waals surface area contributed by atoms with Gasteiger partial charge in [0.1, 0.15) is 0 Å². The van der Waals surface area contributed by atoms with Crippen molar-refractivity contribution in [3.63, 3.8) is 0 Å². The van der Waals surface area contributed by atoms with Crippen molar-refractivity contribution >= 4 is 34.0 Å². The molecule has 2 aliphatic heterocycles. The predicted molar refractivity (Wildman–Crippen MR) is 165 cm³/mol. The molecule has 40 heavy (non-hydrogen) atoms. The first-order valence-electron chi connectivity index (χ1n) is 14.1. The number of likely N-dealkylation sites (tertiary alicyclic amines) is 1. The van der Waals surface area contributed by atoms with Gasteiger partial charge in [-0.2, -0.15) is 0 Å². The van der Waals surface area contributed by atoms with Crippen molar-refractivity contribution in [3.8, 4) is 17.1 Å². The number of rotatable bonds is 6. The third kappa shape index (κ3) is 5.60. The van der Waals surface area contributed by atoms with E-state index in [0.717, 1.165) is 83.0 Å². The summed E-state index contributed by atoms with van der Waals surface area (Å²) >= 11 is 6.26. The van der Waals surface area contributed by atoms with Crippen LogP contribution in [0.2, 0.25) is 5.02 Å². The van der Waals surface area contributed by atoms with E-state index in [-0.39, 0.29) is 6.04 Å². The second-order valence-corrected chi connectivity index (χ2v) is 11.5. The van der Waals surface area contributed by atoms with Crippen LogP contribution in [-0.4, -0.2) is 45.1 Å². The summed E-state index contributed by atoms with van der Waals surface area (Å²) in [7, 11) is 0. The Balaban J connectivity index is 1.53. The Morgan fingerprint density at radius 3 is 2.50 bits per heavy atom. The summed E-state index contributed by atoms with van der Waals surface area (Å²) in [6, 6.07) is 24.8. The van der Waals surface area contributed by atoms with Crippen molar-refractivity contribution in [3.05, 3.63) is 95.1 Å². The molecule has 204 valence electrons. The Bertz CT molecular complexity index is 1670. The van der Waals surface area contributed by atoms with Crippen molar-refractivity contribution in [2.24, 2.45) is 10.9 Å². The van der Waals surface area contributed by atoms with E-state index in [1.807, 2.05) is 37.4 Å². The molecule has 1 aromatic heterocycles. The molecule has 3 aliphatic rings. The average molecular weight is 551 g/mol. The van der Waals surface area contributed by atoms with Gasteiger partial charge in [-0.15, -0.1) is 0 Å². The highest BCUT2D eigenvalue weighted by Gasteiger charge is 2.21. The summed E-state index contributed by atoms with van der Waals surface area (Å²) in [5, 5.41) is 5.29. The number of nitrogens with zero attached hydrogens (tertiary/aromatic N) is 5. The number of anilines is 2. The zero-order valence-corrected chi connectivity index (χ0v) is 24.1. The number of nitrogens with one attached hydrogen (secondary N) is 1. The molecular formula is C33H35ClN6. The molecule has 3 heterocycles. The fraction of sp³-hybridized carbons (Fsp3) is 0.303. The van der Waals surface area contributed by atoms with Gasteiger partial charge < -0.3 is 14.8 Å². The molecule has 0 bridgehead atoms. The van der Waals surface area contributed by atoms with Crippen LogP contribution >= 0.6 is 11.6 Å². The van der Waals surface area contributed by atoms with Gasteiger partial charge in [0, 0.05) is 36.5 Å². The van der Waals surface area contributed by atoms with E-state index in [1.54, 1.807) is 0 Å². The van der Waals surface area contributed by atoms with Gasteiger partial charge in [0.25, 0.3) is 0 Å². The molecule has 0 saturated carbocycles. The minimum Gasteiger partial charge on any atom is -0.352 e. The summed E-state index contributed by atoms with van der Waals surface area (Å²) in [5.74, 6) is 0.679. The highest BCUT2D eigenvalue weighted by atomic mass is 35.5. The molecule has 2 aromatic carbocycles. The Hall–Kier alpha value is -3.74. The van der Waals surface area contributed by atoms with Gasteiger partial charge in [-0.25, -0.2) is 4.98 Å². The Morgan fingerprint density at radius 2 is 1.75 bits per heavy atom. The molecule has 6 rings (SSSR count). The van der Waals surface area contributed by atoms with E-state index in [2.05, 4.69) is 82.1 Å². The molecule has 0 amide bonds. The van der Waals surface area contributed by atoms with Gasteiger partial charge in [0.2, 0.25) is 0 Å². The highest BCUT2D eigenvalue weighted by molar-refractivity contribution is 6.30. The van der Waals surface area contributed by atoms with Crippen LogP contribution in [0.1, 0.15) is 32.4 Å². The first kappa shape index (κ1) is 26.5. The molecule has 1 fully saturated rings. The lowest BCUT2D eigenvalue weighted by Crippen LogP contribution is -2.38. The van der Waals surface area contributed by atoms with Gasteiger partial charge in [0.05, 0.1) is 50.9 Å². The van der Waals surface area contributed by atoms with E-state index in [9.17, 15) is 0 Å². The molecule has 0 unspecified atom stereocenters. The molecule has 7 heteroatoms. The van der Waals surface area contributed by atoms with Crippen LogP contribution in [0.5, 0.6) is 0 Å². The number of benzene rings is 3. The van der Waals surface area contributed by atoms with Crippen LogP contribution in [0.25, 0.3) is 28.1 Å². The fourth-order valence-electron chi connectivity index (χ4n) is 5.62. The molecule has 3 aromatic rings. The zero-order chi connectivity index (χ0) is 27.6. The molecular weight excluding hydrogens is 516 g/mol. The lowest BCUT2D eigenvalue weighted by Gasteiger charge is -2.31. The lowest BCUT2D eigenvalue weighted by atomic mass is 10.0. The van der Waals surface area contributed by atoms with E-state index >= 15 is 0 Å². The molecule has 0 spiro atoms. The number of aromatic nitrogens is 3. The number of fused-ring (bicyclic) bond motifs is 2. The summed E-state index contributed by atoms with van der Waals surface area (Å²) < 4.78 is 2.26. The van der Waals surface area contributed by atoms with Crippen molar-refractivity contribution in [1.29, 1.82) is 0 Å². The topological polar surface area (TPSA) is 58.3 Å². The maximum absolute atomic E-state index is 6.26. The van der Waals surface area contributed by atoms with Crippen molar-refractivity contribution in [2.75, 3.05) is 25.0 Å². The maximum atomic E-state index is 6.26. The van der Waals surface area contributed by atoms with E-state index in [1.165, 1.54) is 0 Å². The fourth-order valence-corrected chi connectivity index (χ4v) is 5.75. The summed E-state index contributed by atoms with van der Waals surface area (Å²) in [6.07, 6.45) is 3.94. The summed E-state index contributed by atoms with van der Waals surface area (Å²) in [4.78, 5) is 17.5. The zero-order valence-electron chi connectivity index (χ0n) is 23.3. The number of hydrogen-bond acceptors (Lipinski definition) is 5. The largest absolute Gasteiger partial charge is 0.352 e. The van der Waals surface area contributed by atoms with E-state index in [0.29, 0.717) is 10.9 Å². The van der Waals surface area contributed by atoms with Gasteiger partial charge in [-0.05, 0) is 86.3 Å². The van der Waals surface area contributed by atoms with Crippen LogP contribution in [0.15, 0.2) is 84.0 Å². The first-order chi connectivity index (χ1) is 19.4. The van der Waals surface area contributed by atoms with Gasteiger partial charge in [-0.3, -0.25) is 9.98 Å². The van der Waals surface area contributed by atoms with Gasteiger partial charge in [-0.1, -0.05) is 37.6 Å². The quantitative estimate of drug-likeness (QED) is 0.226. The minimum absolute atomic E-state index is 0.272. The number of pyridine rings is 1. The number of halogens is 1.